The molecular weight excluding hydrogens is 547 g/mol. The van der Waals surface area contributed by atoms with Crippen LogP contribution in [-0.4, -0.2) is 70.7 Å². The number of nitrogens with zero attached hydrogens (tertiary/aromatic N) is 5. The van der Waals surface area contributed by atoms with Gasteiger partial charge >= 0.3 is 0 Å². The van der Waals surface area contributed by atoms with E-state index in [2.05, 4.69) is 26.7 Å². The van der Waals surface area contributed by atoms with Crippen LogP contribution >= 0.6 is 0 Å². The predicted octanol–water partition coefficient (Wildman–Crippen LogP) is 4.95. The highest BCUT2D eigenvalue weighted by molar-refractivity contribution is 6.03. The van der Waals surface area contributed by atoms with Crippen LogP contribution in [0, 0.1) is 18.7 Å². The van der Waals surface area contributed by atoms with Gasteiger partial charge < -0.3 is 29.0 Å². The van der Waals surface area contributed by atoms with Gasteiger partial charge in [-0.2, -0.15) is 0 Å². The smallest absolute Gasteiger partial charge is 0.273 e. The number of likely N-dealkylation sites (tertiary alicyclic amines) is 1. The number of fused-ring (bicyclic) bond motifs is 1. The summed E-state index contributed by atoms with van der Waals surface area (Å²) in [5.41, 5.74) is 5.08. The van der Waals surface area contributed by atoms with Crippen molar-refractivity contribution in [2.45, 2.75) is 38.6 Å². The van der Waals surface area contributed by atoms with Crippen molar-refractivity contribution in [2.24, 2.45) is 13.0 Å². The van der Waals surface area contributed by atoms with Gasteiger partial charge in [0, 0.05) is 75.3 Å². The van der Waals surface area contributed by atoms with Crippen LogP contribution in [0.25, 0.3) is 10.9 Å². The number of halogens is 1. The van der Waals surface area contributed by atoms with Crippen LogP contribution in [-0.2, 0) is 23.1 Å². The molecule has 0 bridgehead atoms. The first-order valence-corrected chi connectivity index (χ1v) is 15.0. The minimum Gasteiger partial charge on any atom is -0.383 e. The van der Waals surface area contributed by atoms with Gasteiger partial charge in [0.1, 0.15) is 11.5 Å². The number of carbonyl (C=O) groups is 2. The third-order valence-electron chi connectivity index (χ3n) is 9.05. The van der Waals surface area contributed by atoms with Crippen LogP contribution in [0.1, 0.15) is 46.9 Å². The largest absolute Gasteiger partial charge is 0.383 e. The maximum atomic E-state index is 15.0. The molecule has 0 radical (unpaired) electrons. The lowest BCUT2D eigenvalue weighted by Gasteiger charge is -2.35. The van der Waals surface area contributed by atoms with Crippen LogP contribution < -0.4 is 10.2 Å². The van der Waals surface area contributed by atoms with E-state index in [1.54, 1.807) is 31.1 Å². The molecule has 0 aliphatic carbocycles. The monoisotopic (exact) mass is 586 g/mol. The Hall–Kier alpha value is -4.18. The summed E-state index contributed by atoms with van der Waals surface area (Å²) in [5, 5.41) is 3.85. The number of piperidine rings is 1. The quantitative estimate of drug-likeness (QED) is 0.316. The van der Waals surface area contributed by atoms with Gasteiger partial charge in [-0.05, 0) is 62.1 Å². The summed E-state index contributed by atoms with van der Waals surface area (Å²) < 4.78 is 24.2. The number of carbonyl (C=O) groups excluding carboxylic acids is 2. The molecule has 2 fully saturated rings. The molecule has 2 unspecified atom stereocenters. The Morgan fingerprint density at radius 3 is 2.65 bits per heavy atom. The molecule has 4 heterocycles. The van der Waals surface area contributed by atoms with E-state index in [0.29, 0.717) is 43.1 Å². The van der Waals surface area contributed by atoms with Gasteiger partial charge in [-0.1, -0.05) is 12.1 Å². The Morgan fingerprint density at radius 2 is 1.91 bits per heavy atom. The third-order valence-corrected chi connectivity index (χ3v) is 9.05. The summed E-state index contributed by atoms with van der Waals surface area (Å²) in [5.74, 6) is -0.148. The highest BCUT2D eigenvalue weighted by atomic mass is 19.1. The number of hydrogen-bond donors (Lipinski definition) is 1. The van der Waals surface area contributed by atoms with E-state index in [1.807, 2.05) is 35.2 Å². The fourth-order valence-electron chi connectivity index (χ4n) is 6.88. The first-order valence-electron chi connectivity index (χ1n) is 15.0. The van der Waals surface area contributed by atoms with Gasteiger partial charge in [0.25, 0.3) is 5.91 Å². The molecule has 226 valence electrons. The van der Waals surface area contributed by atoms with Crippen LogP contribution in [0.4, 0.5) is 15.8 Å². The molecule has 2 aromatic heterocycles. The van der Waals surface area contributed by atoms with E-state index in [-0.39, 0.29) is 29.5 Å². The minimum absolute atomic E-state index is 0.0686. The number of methoxy groups -OCH3 is 1. The number of benzene rings is 2. The van der Waals surface area contributed by atoms with Gasteiger partial charge in [-0.3, -0.25) is 9.59 Å². The fourth-order valence-corrected chi connectivity index (χ4v) is 6.88. The summed E-state index contributed by atoms with van der Waals surface area (Å²) in [6, 6.07) is 13.0. The number of anilines is 2. The van der Waals surface area contributed by atoms with Crippen molar-refractivity contribution in [3.8, 4) is 0 Å². The molecule has 2 aromatic carbocycles. The van der Waals surface area contributed by atoms with Gasteiger partial charge in [-0.15, -0.1) is 0 Å². The van der Waals surface area contributed by atoms with Crippen molar-refractivity contribution in [3.63, 3.8) is 0 Å². The Morgan fingerprint density at radius 1 is 1.09 bits per heavy atom. The number of aryl methyl sites for hydroxylation is 2. The number of imidazole rings is 1. The van der Waals surface area contributed by atoms with Crippen LogP contribution in [0.15, 0.2) is 55.0 Å². The van der Waals surface area contributed by atoms with Crippen molar-refractivity contribution in [1.29, 1.82) is 0 Å². The van der Waals surface area contributed by atoms with E-state index in [4.69, 9.17) is 4.74 Å². The number of rotatable bonds is 8. The second-order valence-electron chi connectivity index (χ2n) is 11.7. The standard InChI is InChI=1S/C33H39FN6O3/c1-22-27-7-4-8-28(34)31(27)40(16-17-43-3)30(22)23-6-5-14-39(19-23)33(42)24-13-15-38(20-24)26-11-9-25(10-12-26)36-32(41)29-18-35-21-37(29)2/h4,7-12,18,21,23-24H,5-6,13-17,19-20H2,1-3H3,(H,36,41). The molecule has 2 amide bonds. The van der Waals surface area contributed by atoms with Gasteiger partial charge in [0.05, 0.1) is 30.6 Å². The molecule has 0 saturated carbocycles. The topological polar surface area (TPSA) is 84.6 Å². The molecule has 2 aliphatic heterocycles. The number of amides is 2. The highest BCUT2D eigenvalue weighted by Crippen LogP contribution is 2.37. The number of nitrogens with one attached hydrogen (secondary N) is 1. The lowest BCUT2D eigenvalue weighted by atomic mass is 9.91. The van der Waals surface area contributed by atoms with Gasteiger partial charge in [0.2, 0.25) is 5.91 Å². The van der Waals surface area contributed by atoms with Gasteiger partial charge in [-0.25, -0.2) is 9.37 Å². The second-order valence-corrected chi connectivity index (χ2v) is 11.7. The molecule has 4 aromatic rings. The highest BCUT2D eigenvalue weighted by Gasteiger charge is 2.35. The Kier molecular flexibility index (Phi) is 8.21. The molecule has 2 aliphatic rings. The SMILES string of the molecule is COCCn1c(C2CCCN(C(=O)C3CCN(c4ccc(NC(=O)c5cncn5C)cc4)C3)C2)c(C)c2cccc(F)c21. The van der Waals surface area contributed by atoms with Crippen molar-refractivity contribution >= 4 is 34.1 Å². The number of ether oxygens (including phenoxy) is 1. The van der Waals surface area contributed by atoms with Crippen molar-refractivity contribution in [1.82, 2.24) is 19.0 Å². The van der Waals surface area contributed by atoms with E-state index >= 15 is 4.39 Å². The van der Waals surface area contributed by atoms with Crippen LogP contribution in [0.2, 0.25) is 0 Å². The van der Waals surface area contributed by atoms with Crippen molar-refractivity contribution in [2.75, 3.05) is 50.1 Å². The molecule has 2 saturated heterocycles. The van der Waals surface area contributed by atoms with E-state index in [9.17, 15) is 9.59 Å². The molecule has 6 rings (SSSR count). The summed E-state index contributed by atoms with van der Waals surface area (Å²) in [6.45, 7) is 6.01. The van der Waals surface area contributed by atoms with Crippen molar-refractivity contribution in [3.05, 3.63) is 77.8 Å². The zero-order valence-electron chi connectivity index (χ0n) is 25.1. The number of para-hydroxylation sites is 1. The first-order chi connectivity index (χ1) is 20.9. The lowest BCUT2D eigenvalue weighted by molar-refractivity contribution is -0.136. The summed E-state index contributed by atoms with van der Waals surface area (Å²) in [6.07, 6.45) is 5.83. The van der Waals surface area contributed by atoms with Crippen LogP contribution in [0.3, 0.4) is 0 Å². The molecule has 1 N–H and O–H groups in total. The minimum atomic E-state index is -0.221. The molecule has 0 spiro atoms. The zero-order valence-corrected chi connectivity index (χ0v) is 25.1. The average Bonchev–Trinajstić information content (AvgIpc) is 3.75. The average molecular weight is 587 g/mol. The number of hydrogen-bond acceptors (Lipinski definition) is 5. The molecule has 2 atom stereocenters. The van der Waals surface area contributed by atoms with Crippen LogP contribution in [0.5, 0.6) is 0 Å². The Balaban J connectivity index is 1.12. The second kappa shape index (κ2) is 12.2. The number of aromatic nitrogens is 3. The summed E-state index contributed by atoms with van der Waals surface area (Å²) >= 11 is 0. The Bertz CT molecular complexity index is 1630. The fraction of sp³-hybridized carbons (Fsp3) is 0.424. The predicted molar refractivity (Wildman–Crippen MR) is 165 cm³/mol. The van der Waals surface area contributed by atoms with E-state index < -0.39 is 0 Å². The molecule has 10 heteroatoms. The third kappa shape index (κ3) is 5.63. The van der Waals surface area contributed by atoms with E-state index in [0.717, 1.165) is 54.7 Å². The van der Waals surface area contributed by atoms with Crippen molar-refractivity contribution < 1.29 is 18.7 Å². The normalized spacial score (nSPS) is 18.9. The Labute approximate surface area is 251 Å². The maximum Gasteiger partial charge on any atom is 0.273 e. The first kappa shape index (κ1) is 28.9. The van der Waals surface area contributed by atoms with E-state index in [1.165, 1.54) is 12.3 Å². The lowest BCUT2D eigenvalue weighted by Crippen LogP contribution is -2.43. The summed E-state index contributed by atoms with van der Waals surface area (Å²) in [7, 11) is 3.45. The summed E-state index contributed by atoms with van der Waals surface area (Å²) in [4.78, 5) is 34.6. The zero-order chi connectivity index (χ0) is 30.1. The van der Waals surface area contributed by atoms with Gasteiger partial charge in [0.15, 0.2) is 0 Å². The molecule has 43 heavy (non-hydrogen) atoms. The maximum absolute atomic E-state index is 15.0. The molecule has 9 nitrogen and oxygen atoms in total. The molecular formula is C33H39FN6O3.